The summed E-state index contributed by atoms with van der Waals surface area (Å²) in [6, 6.07) is 22.0. The fourth-order valence-corrected chi connectivity index (χ4v) is 8.03. The second-order valence-electron chi connectivity index (χ2n) is 11.5. The van der Waals surface area contributed by atoms with Gasteiger partial charge in [-0.15, -0.1) is 0 Å². The highest BCUT2D eigenvalue weighted by Crippen LogP contribution is 2.60. The Morgan fingerprint density at radius 1 is 0.886 bits per heavy atom. The van der Waals surface area contributed by atoms with Gasteiger partial charge in [0.2, 0.25) is 0 Å². The monoisotopic (exact) mass is 459 g/mol. The molecular formula is C32H33N3. The van der Waals surface area contributed by atoms with Gasteiger partial charge in [0.1, 0.15) is 0 Å². The first-order valence-corrected chi connectivity index (χ1v) is 13.3. The summed E-state index contributed by atoms with van der Waals surface area (Å²) >= 11 is 0. The molecule has 0 radical (unpaired) electrons. The minimum absolute atomic E-state index is 0.456. The maximum Gasteiger partial charge on any atom is 0.0703 e. The van der Waals surface area contributed by atoms with Crippen molar-refractivity contribution in [1.29, 1.82) is 0 Å². The fraction of sp³-hybridized carbons (Fsp3) is 0.375. The van der Waals surface area contributed by atoms with Crippen molar-refractivity contribution in [1.82, 2.24) is 9.55 Å². The van der Waals surface area contributed by atoms with Crippen LogP contribution in [0.5, 0.6) is 0 Å². The Bertz CT molecular complexity index is 1400. The molecule has 0 amide bonds. The zero-order valence-electron chi connectivity index (χ0n) is 20.7. The van der Waals surface area contributed by atoms with Crippen LogP contribution in [0.1, 0.15) is 61.0 Å². The first kappa shape index (κ1) is 21.1. The molecule has 3 nitrogen and oxygen atoms in total. The van der Waals surface area contributed by atoms with Crippen LogP contribution in [0.15, 0.2) is 71.9 Å². The van der Waals surface area contributed by atoms with Crippen LogP contribution in [0.3, 0.4) is 0 Å². The Morgan fingerprint density at radius 3 is 2.31 bits per heavy atom. The summed E-state index contributed by atoms with van der Waals surface area (Å²) in [6.45, 7) is 4.34. The normalized spacial score (nSPS) is 27.3. The van der Waals surface area contributed by atoms with Crippen molar-refractivity contribution in [2.45, 2.75) is 57.8 Å². The number of rotatable bonds is 4. The molecule has 0 saturated heterocycles. The van der Waals surface area contributed by atoms with Crippen molar-refractivity contribution in [3.8, 4) is 5.69 Å². The lowest BCUT2D eigenvalue weighted by atomic mass is 9.48. The third-order valence-corrected chi connectivity index (χ3v) is 9.19. The first-order valence-electron chi connectivity index (χ1n) is 13.3. The minimum Gasteiger partial charge on any atom is -0.318 e. The van der Waals surface area contributed by atoms with Crippen molar-refractivity contribution in [2.75, 3.05) is 0 Å². The number of aryl methyl sites for hydroxylation is 1. The summed E-state index contributed by atoms with van der Waals surface area (Å²) in [5.41, 5.74) is 8.84. The van der Waals surface area contributed by atoms with Crippen molar-refractivity contribution in [3.05, 3.63) is 89.4 Å². The van der Waals surface area contributed by atoms with Gasteiger partial charge < -0.3 is 4.57 Å². The van der Waals surface area contributed by atoms with Crippen LogP contribution in [0.2, 0.25) is 0 Å². The number of aliphatic imine (C=N–C) groups is 1. The summed E-state index contributed by atoms with van der Waals surface area (Å²) in [4.78, 5) is 9.33. The third kappa shape index (κ3) is 3.55. The highest BCUT2D eigenvalue weighted by molar-refractivity contribution is 5.85. The molecule has 4 aromatic rings. The van der Waals surface area contributed by atoms with Crippen LogP contribution in [0.25, 0.3) is 16.6 Å². The zero-order chi connectivity index (χ0) is 23.6. The average Bonchev–Trinajstić information content (AvgIpc) is 3.14. The van der Waals surface area contributed by atoms with Gasteiger partial charge in [0.15, 0.2) is 0 Å². The molecule has 2 aromatic carbocycles. The topological polar surface area (TPSA) is 30.2 Å². The molecule has 3 heteroatoms. The minimum atomic E-state index is 0.456. The molecule has 4 aliphatic carbocycles. The van der Waals surface area contributed by atoms with E-state index < -0.39 is 0 Å². The smallest absolute Gasteiger partial charge is 0.0703 e. The molecule has 4 aliphatic rings. The summed E-state index contributed by atoms with van der Waals surface area (Å²) in [7, 11) is 0. The van der Waals surface area contributed by atoms with Crippen LogP contribution >= 0.6 is 0 Å². The molecule has 0 N–H and O–H groups in total. The lowest BCUT2D eigenvalue weighted by molar-refractivity contribution is -0.00518. The number of nitrogens with zero attached hydrogens (tertiary/aromatic N) is 3. The Balaban J connectivity index is 1.14. The molecule has 4 fully saturated rings. The lowest BCUT2D eigenvalue weighted by Crippen LogP contribution is -2.48. The third-order valence-electron chi connectivity index (χ3n) is 9.19. The molecule has 35 heavy (non-hydrogen) atoms. The molecule has 8 rings (SSSR count). The summed E-state index contributed by atoms with van der Waals surface area (Å²) in [5.74, 6) is 2.94. The van der Waals surface area contributed by atoms with E-state index in [0.717, 1.165) is 34.3 Å². The number of hydrogen-bond donors (Lipinski definition) is 0. The predicted molar refractivity (Wildman–Crippen MR) is 144 cm³/mol. The Hall–Kier alpha value is -3.20. The van der Waals surface area contributed by atoms with Crippen LogP contribution in [-0.4, -0.2) is 15.8 Å². The van der Waals surface area contributed by atoms with Crippen LogP contribution in [0, 0.1) is 31.6 Å². The first-order chi connectivity index (χ1) is 17.1. The number of pyridine rings is 1. The van der Waals surface area contributed by atoms with E-state index in [-0.39, 0.29) is 0 Å². The molecule has 2 aromatic heterocycles. The molecule has 2 heterocycles. The summed E-state index contributed by atoms with van der Waals surface area (Å²) in [6.07, 6.45) is 12.6. The molecule has 176 valence electrons. The van der Waals surface area contributed by atoms with Gasteiger partial charge >= 0.3 is 0 Å². The van der Waals surface area contributed by atoms with Crippen LogP contribution < -0.4 is 0 Å². The Kier molecular flexibility index (Phi) is 4.77. The van der Waals surface area contributed by atoms with Gasteiger partial charge in [-0.1, -0.05) is 18.2 Å². The van der Waals surface area contributed by atoms with Crippen molar-refractivity contribution < 1.29 is 0 Å². The fourth-order valence-electron chi connectivity index (χ4n) is 8.03. The van der Waals surface area contributed by atoms with Gasteiger partial charge in [-0.25, -0.2) is 0 Å². The van der Waals surface area contributed by atoms with Gasteiger partial charge in [0.05, 0.1) is 11.2 Å². The van der Waals surface area contributed by atoms with Gasteiger partial charge in [-0.2, -0.15) is 0 Å². The van der Waals surface area contributed by atoms with Crippen molar-refractivity contribution >= 4 is 22.8 Å². The highest BCUT2D eigenvalue weighted by atomic mass is 15.0. The Labute approximate surface area is 207 Å². The van der Waals surface area contributed by atoms with Crippen LogP contribution in [0.4, 0.5) is 5.69 Å². The van der Waals surface area contributed by atoms with Gasteiger partial charge in [-0.05, 0) is 124 Å². The number of aromatic nitrogens is 2. The maximum atomic E-state index is 4.87. The molecule has 0 atom stereocenters. The highest BCUT2D eigenvalue weighted by Gasteiger charge is 2.51. The molecule has 0 spiro atoms. The average molecular weight is 460 g/mol. The quantitative estimate of drug-likeness (QED) is 0.286. The zero-order valence-corrected chi connectivity index (χ0v) is 20.7. The second-order valence-corrected chi connectivity index (χ2v) is 11.5. The van der Waals surface area contributed by atoms with Gasteiger partial charge in [-0.3, -0.25) is 9.98 Å². The molecule has 4 bridgehead atoms. The van der Waals surface area contributed by atoms with E-state index in [1.54, 1.807) is 5.56 Å². The molecule has 0 aliphatic heterocycles. The van der Waals surface area contributed by atoms with Gasteiger partial charge in [0.25, 0.3) is 0 Å². The number of hydrogen-bond acceptors (Lipinski definition) is 2. The lowest BCUT2D eigenvalue weighted by Gasteiger charge is -2.57. The number of fused-ring (bicyclic) bond motifs is 1. The van der Waals surface area contributed by atoms with E-state index in [4.69, 9.17) is 4.99 Å². The van der Waals surface area contributed by atoms with E-state index >= 15 is 0 Å². The number of benzene rings is 2. The summed E-state index contributed by atoms with van der Waals surface area (Å²) < 4.78 is 2.31. The van der Waals surface area contributed by atoms with E-state index in [1.165, 1.54) is 61.2 Å². The van der Waals surface area contributed by atoms with E-state index in [2.05, 4.69) is 78.0 Å². The molecular weight excluding hydrogens is 426 g/mol. The predicted octanol–water partition coefficient (Wildman–Crippen LogP) is 7.86. The standard InChI is InChI=1S/C32H33N3/c1-21-12-27(22(2)35(21)30-9-10-31-26(16-30)4-3-11-33-31)20-34-29-7-5-28(6-8-29)32-17-23-13-24(18-32)15-25(14-23)19-32/h3-12,16,20,23-25H,13-15,17-19H2,1-2H3. The second kappa shape index (κ2) is 7.91. The van der Waals surface area contributed by atoms with Gasteiger partial charge in [0, 0.05) is 40.4 Å². The largest absolute Gasteiger partial charge is 0.318 e. The molecule has 0 unspecified atom stereocenters. The van der Waals surface area contributed by atoms with E-state index in [0.29, 0.717) is 5.41 Å². The SMILES string of the molecule is Cc1cc(C=Nc2ccc(C34CC5CC(CC(C5)C3)C4)cc2)c(C)n1-c1ccc2ncccc2c1. The van der Waals surface area contributed by atoms with E-state index in [9.17, 15) is 0 Å². The van der Waals surface area contributed by atoms with Crippen molar-refractivity contribution in [3.63, 3.8) is 0 Å². The maximum absolute atomic E-state index is 4.87. The van der Waals surface area contributed by atoms with E-state index in [1.807, 2.05) is 18.5 Å². The van der Waals surface area contributed by atoms with Crippen LogP contribution in [-0.2, 0) is 5.41 Å². The molecule has 4 saturated carbocycles. The Morgan fingerprint density at radius 2 is 1.60 bits per heavy atom. The van der Waals surface area contributed by atoms with Crippen molar-refractivity contribution in [2.24, 2.45) is 22.7 Å². The summed E-state index contributed by atoms with van der Waals surface area (Å²) in [5, 5.41) is 1.16.